The van der Waals surface area contributed by atoms with Crippen molar-refractivity contribution in [1.82, 2.24) is 0 Å². The molecule has 1 aliphatic heterocycles. The van der Waals surface area contributed by atoms with Crippen molar-refractivity contribution in [1.29, 1.82) is 0 Å². The molecule has 3 heteroatoms. The molecule has 0 aromatic rings. The predicted octanol–water partition coefficient (Wildman–Crippen LogP) is 6.66. The molecule has 0 bridgehead atoms. The average Bonchev–Trinajstić information content (AvgIpc) is 3.15. The van der Waals surface area contributed by atoms with Gasteiger partial charge in [0.05, 0.1) is 25.9 Å². The number of rotatable bonds is 20. The summed E-state index contributed by atoms with van der Waals surface area (Å²) in [5.74, 6) is 0.489. The molecule has 0 saturated carbocycles. The van der Waals surface area contributed by atoms with Gasteiger partial charge in [-0.25, -0.2) is 0 Å². The van der Waals surface area contributed by atoms with Crippen LogP contribution in [-0.4, -0.2) is 37.6 Å². The van der Waals surface area contributed by atoms with Gasteiger partial charge < -0.3 is 14.6 Å². The number of aliphatic hydroxyl groups is 1. The first kappa shape index (κ1) is 24.9. The fraction of sp³-hybridized carbons (Fsp3) is 1.00. The first-order chi connectivity index (χ1) is 13.4. The van der Waals surface area contributed by atoms with Crippen molar-refractivity contribution in [2.75, 3.05) is 26.4 Å². The van der Waals surface area contributed by atoms with E-state index in [1.54, 1.807) is 0 Å². The molecule has 162 valence electrons. The zero-order valence-electron chi connectivity index (χ0n) is 18.3. The Morgan fingerprint density at radius 2 is 1.22 bits per heavy atom. The predicted molar refractivity (Wildman–Crippen MR) is 115 cm³/mol. The zero-order chi connectivity index (χ0) is 19.4. The highest BCUT2D eigenvalue weighted by Crippen LogP contribution is 2.19. The summed E-state index contributed by atoms with van der Waals surface area (Å²) in [5.41, 5.74) is 0. The third-order valence-electron chi connectivity index (χ3n) is 5.86. The lowest BCUT2D eigenvalue weighted by molar-refractivity contribution is 0.0508. The Morgan fingerprint density at radius 3 is 1.67 bits per heavy atom. The van der Waals surface area contributed by atoms with Gasteiger partial charge in [0.15, 0.2) is 0 Å². The van der Waals surface area contributed by atoms with Gasteiger partial charge in [0.25, 0.3) is 0 Å². The molecule has 27 heavy (non-hydrogen) atoms. The van der Waals surface area contributed by atoms with Gasteiger partial charge >= 0.3 is 0 Å². The van der Waals surface area contributed by atoms with Crippen LogP contribution in [0, 0.1) is 5.92 Å². The Kier molecular flexibility index (Phi) is 17.7. The Hall–Kier alpha value is -0.120. The quantitative estimate of drug-likeness (QED) is 0.238. The SMILES string of the molecule is CCCCCCCCCCCCCCCCCCOC[C@H]1CO[C@H](CO)C1. The van der Waals surface area contributed by atoms with Crippen LogP contribution in [0.1, 0.15) is 116 Å². The number of unbranched alkanes of at least 4 members (excludes halogenated alkanes) is 15. The van der Waals surface area contributed by atoms with Crippen LogP contribution >= 0.6 is 0 Å². The van der Waals surface area contributed by atoms with E-state index in [9.17, 15) is 0 Å². The van der Waals surface area contributed by atoms with Crippen molar-refractivity contribution in [2.45, 2.75) is 122 Å². The lowest BCUT2D eigenvalue weighted by Crippen LogP contribution is -2.12. The van der Waals surface area contributed by atoms with Crippen molar-refractivity contribution >= 4 is 0 Å². The van der Waals surface area contributed by atoms with Gasteiger partial charge in [0.2, 0.25) is 0 Å². The lowest BCUT2D eigenvalue weighted by atomic mass is 10.0. The number of hydrogen-bond acceptors (Lipinski definition) is 3. The van der Waals surface area contributed by atoms with Crippen LogP contribution in [-0.2, 0) is 9.47 Å². The highest BCUT2D eigenvalue weighted by Gasteiger charge is 2.24. The molecule has 0 amide bonds. The van der Waals surface area contributed by atoms with E-state index >= 15 is 0 Å². The van der Waals surface area contributed by atoms with Crippen LogP contribution in [0.25, 0.3) is 0 Å². The van der Waals surface area contributed by atoms with Gasteiger partial charge in [-0.2, -0.15) is 0 Å². The lowest BCUT2D eigenvalue weighted by Gasteiger charge is -2.09. The second kappa shape index (κ2) is 19.2. The summed E-state index contributed by atoms with van der Waals surface area (Å²) in [6, 6.07) is 0. The van der Waals surface area contributed by atoms with Crippen molar-refractivity contribution in [3.8, 4) is 0 Å². The smallest absolute Gasteiger partial charge is 0.0810 e. The first-order valence-electron chi connectivity index (χ1n) is 12.2. The molecule has 1 N–H and O–H groups in total. The Bertz CT molecular complexity index is 295. The maximum atomic E-state index is 9.05. The van der Waals surface area contributed by atoms with Gasteiger partial charge in [0.1, 0.15) is 0 Å². The van der Waals surface area contributed by atoms with Crippen LogP contribution in [0.4, 0.5) is 0 Å². The Morgan fingerprint density at radius 1 is 0.741 bits per heavy atom. The largest absolute Gasteiger partial charge is 0.394 e. The molecule has 1 fully saturated rings. The van der Waals surface area contributed by atoms with Crippen molar-refractivity contribution in [3.63, 3.8) is 0 Å². The summed E-state index contributed by atoms with van der Waals surface area (Å²) in [6.07, 6.45) is 23.5. The molecule has 1 aliphatic rings. The van der Waals surface area contributed by atoms with E-state index < -0.39 is 0 Å². The second-order valence-electron chi connectivity index (χ2n) is 8.62. The van der Waals surface area contributed by atoms with Crippen LogP contribution in [0.3, 0.4) is 0 Å². The molecule has 1 rings (SSSR count). The molecular formula is C24H48O3. The minimum Gasteiger partial charge on any atom is -0.394 e. The number of ether oxygens (including phenoxy) is 2. The van der Waals surface area contributed by atoms with E-state index in [0.717, 1.165) is 26.2 Å². The van der Waals surface area contributed by atoms with E-state index in [1.807, 2.05) is 0 Å². The molecule has 0 radical (unpaired) electrons. The molecule has 2 atom stereocenters. The van der Waals surface area contributed by atoms with Crippen LogP contribution in [0.15, 0.2) is 0 Å². The molecule has 0 spiro atoms. The van der Waals surface area contributed by atoms with Crippen molar-refractivity contribution in [3.05, 3.63) is 0 Å². The maximum Gasteiger partial charge on any atom is 0.0810 e. The first-order valence-corrected chi connectivity index (χ1v) is 12.2. The third kappa shape index (κ3) is 15.5. The summed E-state index contributed by atoms with van der Waals surface area (Å²) < 4.78 is 11.2. The van der Waals surface area contributed by atoms with Crippen molar-refractivity contribution < 1.29 is 14.6 Å². The highest BCUT2D eigenvalue weighted by molar-refractivity contribution is 4.72. The Labute approximate surface area is 169 Å². The topological polar surface area (TPSA) is 38.7 Å². The minimum absolute atomic E-state index is 0.0501. The van der Waals surface area contributed by atoms with E-state index in [0.29, 0.717) is 5.92 Å². The van der Waals surface area contributed by atoms with Crippen LogP contribution < -0.4 is 0 Å². The molecule has 0 unspecified atom stereocenters. The molecular weight excluding hydrogens is 336 g/mol. The molecule has 1 saturated heterocycles. The van der Waals surface area contributed by atoms with Gasteiger partial charge in [-0.1, -0.05) is 103 Å². The van der Waals surface area contributed by atoms with Crippen LogP contribution in [0.5, 0.6) is 0 Å². The Balaban J connectivity index is 1.67. The fourth-order valence-electron chi connectivity index (χ4n) is 4.03. The van der Waals surface area contributed by atoms with Crippen LogP contribution in [0.2, 0.25) is 0 Å². The molecule has 1 heterocycles. The molecule has 0 aromatic carbocycles. The van der Waals surface area contributed by atoms with Gasteiger partial charge in [-0.05, 0) is 12.8 Å². The van der Waals surface area contributed by atoms with E-state index in [2.05, 4.69) is 6.92 Å². The maximum absolute atomic E-state index is 9.05. The molecule has 3 nitrogen and oxygen atoms in total. The van der Waals surface area contributed by atoms with E-state index in [4.69, 9.17) is 14.6 Å². The normalized spacial score (nSPS) is 19.8. The van der Waals surface area contributed by atoms with E-state index in [1.165, 1.54) is 103 Å². The summed E-state index contributed by atoms with van der Waals surface area (Å²) in [5, 5.41) is 9.05. The summed E-state index contributed by atoms with van der Waals surface area (Å²) in [4.78, 5) is 0. The monoisotopic (exact) mass is 384 g/mol. The fourth-order valence-corrected chi connectivity index (χ4v) is 4.03. The van der Waals surface area contributed by atoms with Crippen molar-refractivity contribution in [2.24, 2.45) is 5.92 Å². The van der Waals surface area contributed by atoms with E-state index in [-0.39, 0.29) is 12.7 Å². The number of aliphatic hydroxyl groups excluding tert-OH is 1. The second-order valence-corrected chi connectivity index (χ2v) is 8.62. The standard InChI is InChI=1S/C24H48O3/c1-2-3-4-5-6-7-8-9-10-11-12-13-14-15-16-17-18-26-21-23-19-24(20-25)27-22-23/h23-25H,2-22H2,1H3/t23-,24-/m0/s1. The molecule has 0 aliphatic carbocycles. The highest BCUT2D eigenvalue weighted by atomic mass is 16.5. The van der Waals surface area contributed by atoms with Gasteiger partial charge in [-0.15, -0.1) is 0 Å². The van der Waals surface area contributed by atoms with Gasteiger partial charge in [-0.3, -0.25) is 0 Å². The molecule has 0 aromatic heterocycles. The van der Waals surface area contributed by atoms with Gasteiger partial charge in [0, 0.05) is 12.5 Å². The minimum atomic E-state index is 0.0501. The summed E-state index contributed by atoms with van der Waals surface area (Å²) >= 11 is 0. The number of hydrogen-bond donors (Lipinski definition) is 1. The zero-order valence-corrected chi connectivity index (χ0v) is 18.3. The average molecular weight is 385 g/mol. The summed E-state index contributed by atoms with van der Waals surface area (Å²) in [6.45, 7) is 4.88. The third-order valence-corrected chi connectivity index (χ3v) is 5.86. The summed E-state index contributed by atoms with van der Waals surface area (Å²) in [7, 11) is 0.